The second kappa shape index (κ2) is 12.0. The van der Waals surface area contributed by atoms with Crippen LogP contribution in [0.1, 0.15) is 38.7 Å². The van der Waals surface area contributed by atoms with E-state index in [4.69, 9.17) is 14.2 Å². The van der Waals surface area contributed by atoms with Gasteiger partial charge in [-0.25, -0.2) is 4.79 Å². The molecule has 8 heteroatoms. The lowest BCUT2D eigenvalue weighted by Gasteiger charge is -2.26. The van der Waals surface area contributed by atoms with Crippen LogP contribution < -0.4 is 14.4 Å². The van der Waals surface area contributed by atoms with Crippen molar-refractivity contribution in [2.45, 2.75) is 19.6 Å². The predicted molar refractivity (Wildman–Crippen MR) is 158 cm³/mol. The number of hydrogen-bond donors (Lipinski definition) is 1. The van der Waals surface area contributed by atoms with Crippen molar-refractivity contribution in [3.05, 3.63) is 130 Å². The molecule has 1 heterocycles. The van der Waals surface area contributed by atoms with E-state index in [0.717, 1.165) is 11.1 Å². The van der Waals surface area contributed by atoms with Gasteiger partial charge in [-0.3, -0.25) is 14.5 Å². The van der Waals surface area contributed by atoms with E-state index in [-0.39, 0.29) is 11.3 Å². The van der Waals surface area contributed by atoms with E-state index in [1.165, 1.54) is 31.3 Å². The Hall–Kier alpha value is -5.37. The molecule has 0 saturated carbocycles. The summed E-state index contributed by atoms with van der Waals surface area (Å²) in [5.74, 6) is -1.33. The fourth-order valence-corrected chi connectivity index (χ4v) is 4.95. The molecule has 1 unspecified atom stereocenters. The van der Waals surface area contributed by atoms with Crippen LogP contribution >= 0.6 is 0 Å². The monoisotopic (exact) mass is 563 g/mol. The Bertz CT molecular complexity index is 1680. The summed E-state index contributed by atoms with van der Waals surface area (Å²) in [6, 6.07) is 27.0. The van der Waals surface area contributed by atoms with E-state index < -0.39 is 23.7 Å². The van der Waals surface area contributed by atoms with Gasteiger partial charge in [0.25, 0.3) is 11.7 Å². The molecule has 1 fully saturated rings. The van der Waals surface area contributed by atoms with Crippen LogP contribution in [-0.2, 0) is 20.9 Å². The lowest BCUT2D eigenvalue weighted by molar-refractivity contribution is -0.132. The number of Topliss-reactive ketones (excluding diaryl/α,β-unsaturated/α-hetero) is 1. The number of esters is 1. The third kappa shape index (κ3) is 5.47. The first-order chi connectivity index (χ1) is 20.3. The number of aliphatic hydroxyl groups is 1. The van der Waals surface area contributed by atoms with E-state index in [1.807, 2.05) is 37.3 Å². The van der Waals surface area contributed by atoms with Crippen LogP contribution in [0.15, 0.2) is 103 Å². The maximum absolute atomic E-state index is 13.5. The third-order valence-corrected chi connectivity index (χ3v) is 7.11. The molecule has 5 rings (SSSR count). The van der Waals surface area contributed by atoms with Gasteiger partial charge in [0.15, 0.2) is 0 Å². The largest absolute Gasteiger partial charge is 0.507 e. The summed E-state index contributed by atoms with van der Waals surface area (Å²) in [5, 5.41) is 11.6. The molecular weight excluding hydrogens is 534 g/mol. The molecule has 0 aromatic heterocycles. The van der Waals surface area contributed by atoms with Gasteiger partial charge in [-0.15, -0.1) is 0 Å². The second-order valence-electron chi connectivity index (χ2n) is 9.74. The Kier molecular flexibility index (Phi) is 8.06. The van der Waals surface area contributed by atoms with Crippen LogP contribution in [0, 0.1) is 6.92 Å². The van der Waals surface area contributed by atoms with E-state index in [2.05, 4.69) is 0 Å². The SMILES string of the molecule is COC(=O)c1ccc(N2C(=O)C(=O)/C(=C(\O)c3ccc(OCc4ccccc4)c(C)c3)C2c2cccc(OC)c2)cc1. The first kappa shape index (κ1) is 28.2. The fraction of sp³-hybridized carbons (Fsp3) is 0.147. The number of ketones is 1. The van der Waals surface area contributed by atoms with Crippen LogP contribution in [0.25, 0.3) is 5.76 Å². The highest BCUT2D eigenvalue weighted by atomic mass is 16.5. The van der Waals surface area contributed by atoms with Crippen molar-refractivity contribution in [1.29, 1.82) is 0 Å². The minimum absolute atomic E-state index is 0.0670. The molecule has 1 amide bonds. The summed E-state index contributed by atoms with van der Waals surface area (Å²) in [6.45, 7) is 2.22. The van der Waals surface area contributed by atoms with Gasteiger partial charge < -0.3 is 19.3 Å². The zero-order valence-corrected chi connectivity index (χ0v) is 23.4. The van der Waals surface area contributed by atoms with Gasteiger partial charge in [-0.2, -0.15) is 0 Å². The zero-order valence-electron chi connectivity index (χ0n) is 23.4. The van der Waals surface area contributed by atoms with Gasteiger partial charge in [0.05, 0.1) is 31.4 Å². The summed E-state index contributed by atoms with van der Waals surface area (Å²) >= 11 is 0. The Labute approximate surface area is 243 Å². The number of nitrogens with zero attached hydrogens (tertiary/aromatic N) is 1. The van der Waals surface area contributed by atoms with Crippen molar-refractivity contribution in [3.63, 3.8) is 0 Å². The minimum atomic E-state index is -0.960. The number of aryl methyl sites for hydroxylation is 1. The molecule has 8 nitrogen and oxygen atoms in total. The van der Waals surface area contributed by atoms with Crippen LogP contribution in [0.5, 0.6) is 11.5 Å². The first-order valence-electron chi connectivity index (χ1n) is 13.2. The highest BCUT2D eigenvalue weighted by molar-refractivity contribution is 6.51. The van der Waals surface area contributed by atoms with E-state index >= 15 is 0 Å². The lowest BCUT2D eigenvalue weighted by Crippen LogP contribution is -2.29. The number of aliphatic hydroxyl groups excluding tert-OH is 1. The van der Waals surface area contributed by atoms with Crippen molar-refractivity contribution in [2.75, 3.05) is 19.1 Å². The summed E-state index contributed by atoms with van der Waals surface area (Å²) in [6.07, 6.45) is 0. The number of hydrogen-bond acceptors (Lipinski definition) is 7. The van der Waals surface area contributed by atoms with Crippen molar-refractivity contribution in [3.8, 4) is 11.5 Å². The number of carbonyl (C=O) groups excluding carboxylic acids is 3. The van der Waals surface area contributed by atoms with Gasteiger partial charge in [0.1, 0.15) is 23.9 Å². The topological polar surface area (TPSA) is 102 Å². The normalized spacial score (nSPS) is 15.9. The Balaban J connectivity index is 1.56. The number of methoxy groups -OCH3 is 2. The van der Waals surface area contributed by atoms with Gasteiger partial charge in [-0.05, 0) is 78.2 Å². The standard InChI is InChI=1S/C34H29NO7/c1-21-18-25(14-17-28(21)42-20-22-8-5-4-6-9-22)31(36)29-30(24-10-7-11-27(19-24)40-2)35(33(38)32(29)37)26-15-12-23(13-16-26)34(39)41-3/h4-19,30,36H,20H2,1-3H3/b31-29-. The predicted octanol–water partition coefficient (Wildman–Crippen LogP) is 6.00. The maximum atomic E-state index is 13.5. The fourth-order valence-electron chi connectivity index (χ4n) is 4.95. The molecule has 1 aliphatic rings. The lowest BCUT2D eigenvalue weighted by atomic mass is 9.94. The Morgan fingerprint density at radius 2 is 1.57 bits per heavy atom. The van der Waals surface area contributed by atoms with Crippen LogP contribution in [-0.4, -0.2) is 37.0 Å². The minimum Gasteiger partial charge on any atom is -0.507 e. The van der Waals surface area contributed by atoms with Gasteiger partial charge in [0.2, 0.25) is 0 Å². The number of benzene rings is 4. The zero-order chi connectivity index (χ0) is 29.8. The molecule has 4 aromatic carbocycles. The van der Waals surface area contributed by atoms with Gasteiger partial charge in [0, 0.05) is 11.3 Å². The maximum Gasteiger partial charge on any atom is 0.337 e. The number of rotatable bonds is 8. The average molecular weight is 564 g/mol. The average Bonchev–Trinajstić information content (AvgIpc) is 3.29. The number of ether oxygens (including phenoxy) is 3. The summed E-state index contributed by atoms with van der Waals surface area (Å²) in [5.41, 5.74) is 3.29. The first-order valence-corrected chi connectivity index (χ1v) is 13.2. The number of carbonyl (C=O) groups is 3. The van der Waals surface area contributed by atoms with Crippen LogP contribution in [0.4, 0.5) is 5.69 Å². The van der Waals surface area contributed by atoms with Crippen molar-refractivity contribution in [2.24, 2.45) is 0 Å². The van der Waals surface area contributed by atoms with Crippen LogP contribution in [0.2, 0.25) is 0 Å². The number of amides is 1. The number of anilines is 1. The third-order valence-electron chi connectivity index (χ3n) is 7.11. The highest BCUT2D eigenvalue weighted by Gasteiger charge is 2.47. The smallest absolute Gasteiger partial charge is 0.337 e. The molecule has 0 spiro atoms. The Morgan fingerprint density at radius 1 is 0.857 bits per heavy atom. The molecule has 0 aliphatic carbocycles. The molecule has 1 atom stereocenters. The molecule has 1 aliphatic heterocycles. The molecule has 1 saturated heterocycles. The quantitative estimate of drug-likeness (QED) is 0.121. The van der Waals surface area contributed by atoms with Gasteiger partial charge in [-0.1, -0.05) is 42.5 Å². The van der Waals surface area contributed by atoms with E-state index in [9.17, 15) is 19.5 Å². The summed E-state index contributed by atoms with van der Waals surface area (Å²) < 4.78 is 16.1. The molecule has 1 N–H and O–H groups in total. The van der Waals surface area contributed by atoms with Crippen molar-refractivity contribution in [1.82, 2.24) is 0 Å². The molecular formula is C34H29NO7. The van der Waals surface area contributed by atoms with E-state index in [1.54, 1.807) is 54.6 Å². The van der Waals surface area contributed by atoms with Crippen LogP contribution in [0.3, 0.4) is 0 Å². The Morgan fingerprint density at radius 3 is 2.24 bits per heavy atom. The van der Waals surface area contributed by atoms with Crippen molar-refractivity contribution >= 4 is 29.1 Å². The molecule has 4 aromatic rings. The molecule has 212 valence electrons. The van der Waals surface area contributed by atoms with Crippen molar-refractivity contribution < 1.29 is 33.7 Å². The van der Waals surface area contributed by atoms with E-state index in [0.29, 0.717) is 40.5 Å². The second-order valence-corrected chi connectivity index (χ2v) is 9.74. The summed E-state index contributed by atoms with van der Waals surface area (Å²) in [4.78, 5) is 40.3. The molecule has 0 radical (unpaired) electrons. The highest BCUT2D eigenvalue weighted by Crippen LogP contribution is 2.43. The summed E-state index contributed by atoms with van der Waals surface area (Å²) in [7, 11) is 2.80. The molecule has 42 heavy (non-hydrogen) atoms. The van der Waals surface area contributed by atoms with Gasteiger partial charge >= 0.3 is 5.97 Å². The molecule has 0 bridgehead atoms.